The Morgan fingerprint density at radius 3 is 2.70 bits per heavy atom. The number of piperazine rings is 1. The van der Waals surface area contributed by atoms with Crippen LogP contribution in [0.5, 0.6) is 0 Å². The van der Waals surface area contributed by atoms with Gasteiger partial charge in [-0.25, -0.2) is 4.98 Å². The van der Waals surface area contributed by atoms with Crippen LogP contribution in [0.25, 0.3) is 6.08 Å². The van der Waals surface area contributed by atoms with Gasteiger partial charge < -0.3 is 14.4 Å². The second-order valence-electron chi connectivity index (χ2n) is 7.31. The highest BCUT2D eigenvalue weighted by Gasteiger charge is 2.33. The van der Waals surface area contributed by atoms with Crippen LogP contribution in [0.15, 0.2) is 53.3 Å². The summed E-state index contributed by atoms with van der Waals surface area (Å²) < 4.78 is 5.31. The smallest absolute Gasteiger partial charge is 0.128 e. The summed E-state index contributed by atoms with van der Waals surface area (Å²) in [7, 11) is 0. The van der Waals surface area contributed by atoms with Gasteiger partial charge in [0.1, 0.15) is 11.6 Å². The third kappa shape index (κ3) is 4.58. The summed E-state index contributed by atoms with van der Waals surface area (Å²) >= 11 is 0. The molecule has 144 valence electrons. The van der Waals surface area contributed by atoms with Crippen molar-refractivity contribution in [2.75, 3.05) is 50.7 Å². The second-order valence-corrected chi connectivity index (χ2v) is 7.31. The topological polar surface area (TPSA) is 56.0 Å². The first kappa shape index (κ1) is 18.2. The van der Waals surface area contributed by atoms with Gasteiger partial charge in [0.05, 0.1) is 12.4 Å². The van der Waals surface area contributed by atoms with Crippen molar-refractivity contribution >= 4 is 11.9 Å². The molecule has 0 radical (unpaired) electrons. The van der Waals surface area contributed by atoms with E-state index in [4.69, 9.17) is 4.42 Å². The number of nitrogens with zero attached hydrogens (tertiary/aromatic N) is 4. The summed E-state index contributed by atoms with van der Waals surface area (Å²) in [6, 6.07) is 10.2. The van der Waals surface area contributed by atoms with E-state index in [0.29, 0.717) is 0 Å². The number of aromatic nitrogens is 1. The van der Waals surface area contributed by atoms with E-state index in [1.165, 1.54) is 0 Å². The molecule has 0 bridgehead atoms. The molecule has 0 saturated carbocycles. The van der Waals surface area contributed by atoms with E-state index in [-0.39, 0.29) is 12.1 Å². The lowest BCUT2D eigenvalue weighted by Gasteiger charge is -2.45. The number of pyridine rings is 1. The van der Waals surface area contributed by atoms with Crippen molar-refractivity contribution in [3.63, 3.8) is 0 Å². The Kier molecular flexibility index (Phi) is 5.87. The molecule has 0 spiro atoms. The fourth-order valence-electron chi connectivity index (χ4n) is 4.10. The quantitative estimate of drug-likeness (QED) is 0.871. The van der Waals surface area contributed by atoms with E-state index in [2.05, 4.69) is 31.8 Å². The molecule has 1 N–H and O–H groups in total. The first-order chi connectivity index (χ1) is 13.3. The maximum atomic E-state index is 10.7. The largest absolute Gasteiger partial charge is 0.465 e. The van der Waals surface area contributed by atoms with Crippen LogP contribution in [-0.4, -0.2) is 77.8 Å². The van der Waals surface area contributed by atoms with Crippen LogP contribution in [-0.2, 0) is 0 Å². The average molecular weight is 368 g/mol. The SMILES string of the molecule is O[C@@H]1CN(CC=Cc2ccco2)CC[C@H]1N1CCN(c2ccccn2)CC1. The van der Waals surface area contributed by atoms with Crippen molar-refractivity contribution in [2.24, 2.45) is 0 Å². The molecular weight excluding hydrogens is 340 g/mol. The van der Waals surface area contributed by atoms with E-state index in [9.17, 15) is 5.11 Å². The molecule has 0 unspecified atom stereocenters. The minimum Gasteiger partial charge on any atom is -0.465 e. The average Bonchev–Trinajstić information content (AvgIpc) is 3.23. The van der Waals surface area contributed by atoms with Crippen molar-refractivity contribution in [1.29, 1.82) is 0 Å². The number of β-amino-alcohol motifs (C(OH)–C–C–N with tert-alkyl or cyclic N) is 1. The van der Waals surface area contributed by atoms with Gasteiger partial charge in [-0.15, -0.1) is 0 Å². The van der Waals surface area contributed by atoms with Gasteiger partial charge in [-0.2, -0.15) is 0 Å². The molecule has 6 nitrogen and oxygen atoms in total. The van der Waals surface area contributed by atoms with Crippen molar-refractivity contribution < 1.29 is 9.52 Å². The monoisotopic (exact) mass is 368 g/mol. The fourth-order valence-corrected chi connectivity index (χ4v) is 4.10. The summed E-state index contributed by atoms with van der Waals surface area (Å²) in [5.41, 5.74) is 0. The maximum Gasteiger partial charge on any atom is 0.128 e. The molecule has 0 amide bonds. The summed E-state index contributed by atoms with van der Waals surface area (Å²) in [5, 5.41) is 10.7. The molecule has 4 rings (SSSR count). The zero-order valence-corrected chi connectivity index (χ0v) is 15.7. The van der Waals surface area contributed by atoms with Crippen LogP contribution in [0, 0.1) is 0 Å². The van der Waals surface area contributed by atoms with Gasteiger partial charge >= 0.3 is 0 Å². The van der Waals surface area contributed by atoms with E-state index in [1.807, 2.05) is 36.5 Å². The lowest BCUT2D eigenvalue weighted by molar-refractivity contribution is -0.0116. The molecule has 2 aromatic rings. The van der Waals surface area contributed by atoms with Gasteiger partial charge in [-0.3, -0.25) is 9.80 Å². The van der Waals surface area contributed by atoms with Crippen molar-refractivity contribution in [1.82, 2.24) is 14.8 Å². The minimum atomic E-state index is -0.294. The highest BCUT2D eigenvalue weighted by molar-refractivity contribution is 5.42. The minimum absolute atomic E-state index is 0.265. The number of hydrogen-bond acceptors (Lipinski definition) is 6. The summed E-state index contributed by atoms with van der Waals surface area (Å²) in [6.07, 6.45) is 8.35. The Bertz CT molecular complexity index is 711. The van der Waals surface area contributed by atoms with Gasteiger partial charge in [-0.05, 0) is 36.8 Å². The molecular formula is C21H28N4O2. The van der Waals surface area contributed by atoms with Crippen LogP contribution < -0.4 is 4.90 Å². The van der Waals surface area contributed by atoms with Gasteiger partial charge in [0, 0.05) is 58.1 Å². The Morgan fingerprint density at radius 2 is 2.00 bits per heavy atom. The molecule has 4 heterocycles. The first-order valence-electron chi connectivity index (χ1n) is 9.80. The summed E-state index contributed by atoms with van der Waals surface area (Å²) in [4.78, 5) is 11.5. The number of rotatable bonds is 5. The van der Waals surface area contributed by atoms with E-state index >= 15 is 0 Å². The Hall–Kier alpha value is -2.15. The molecule has 2 saturated heterocycles. The van der Waals surface area contributed by atoms with Gasteiger partial charge in [0.15, 0.2) is 0 Å². The molecule has 0 aromatic carbocycles. The molecule has 6 heteroatoms. The zero-order valence-electron chi connectivity index (χ0n) is 15.7. The zero-order chi connectivity index (χ0) is 18.5. The van der Waals surface area contributed by atoms with Crippen molar-refractivity contribution in [3.8, 4) is 0 Å². The fraction of sp³-hybridized carbons (Fsp3) is 0.476. The van der Waals surface area contributed by atoms with E-state index in [1.54, 1.807) is 6.26 Å². The van der Waals surface area contributed by atoms with Gasteiger partial charge in [0.25, 0.3) is 0 Å². The van der Waals surface area contributed by atoms with Gasteiger partial charge in [0.2, 0.25) is 0 Å². The number of aliphatic hydroxyl groups is 1. The maximum absolute atomic E-state index is 10.7. The molecule has 2 fully saturated rings. The standard InChI is InChI=1S/C21H28N4O2/c26-20-17-23(10-3-5-18-6-4-16-27-18)11-8-19(20)24-12-14-25(15-13-24)21-7-1-2-9-22-21/h1-7,9,16,19-20,26H,8,10-15,17H2/t19-,20-/m1/s1. The Balaban J connectivity index is 1.24. The summed E-state index contributed by atoms with van der Waals surface area (Å²) in [6.45, 7) is 6.50. The van der Waals surface area contributed by atoms with E-state index < -0.39 is 0 Å². The third-order valence-electron chi connectivity index (χ3n) is 5.58. The normalized spacial score (nSPS) is 25.3. The predicted molar refractivity (Wildman–Crippen MR) is 107 cm³/mol. The van der Waals surface area contributed by atoms with Crippen LogP contribution in [0.3, 0.4) is 0 Å². The highest BCUT2D eigenvalue weighted by atomic mass is 16.3. The number of aliphatic hydroxyl groups excluding tert-OH is 1. The molecule has 0 aliphatic carbocycles. The molecule has 2 atom stereocenters. The van der Waals surface area contributed by atoms with Gasteiger partial charge in [-0.1, -0.05) is 12.1 Å². The van der Waals surface area contributed by atoms with Crippen molar-refractivity contribution in [2.45, 2.75) is 18.6 Å². The first-order valence-corrected chi connectivity index (χ1v) is 9.80. The predicted octanol–water partition coefficient (Wildman–Crippen LogP) is 1.95. The number of piperidine rings is 1. The Morgan fingerprint density at radius 1 is 1.11 bits per heavy atom. The van der Waals surface area contributed by atoms with Crippen molar-refractivity contribution in [3.05, 3.63) is 54.6 Å². The number of furan rings is 1. The molecule has 27 heavy (non-hydrogen) atoms. The lowest BCUT2D eigenvalue weighted by atomic mass is 9.99. The van der Waals surface area contributed by atoms with E-state index in [0.717, 1.165) is 63.8 Å². The van der Waals surface area contributed by atoms with Crippen LogP contribution in [0.4, 0.5) is 5.82 Å². The molecule has 2 aliphatic heterocycles. The third-order valence-corrected chi connectivity index (χ3v) is 5.58. The van der Waals surface area contributed by atoms with Crippen LogP contribution in [0.2, 0.25) is 0 Å². The van der Waals surface area contributed by atoms with Crippen LogP contribution >= 0.6 is 0 Å². The molecule has 2 aromatic heterocycles. The number of hydrogen-bond donors (Lipinski definition) is 1. The summed E-state index contributed by atoms with van der Waals surface area (Å²) in [5.74, 6) is 1.92. The molecule has 2 aliphatic rings. The van der Waals surface area contributed by atoms with Crippen LogP contribution in [0.1, 0.15) is 12.2 Å². The lowest BCUT2D eigenvalue weighted by Crippen LogP contribution is -2.58. The number of anilines is 1. The highest BCUT2D eigenvalue weighted by Crippen LogP contribution is 2.21. The number of likely N-dealkylation sites (tertiary alicyclic amines) is 1. The Labute approximate surface area is 160 Å². The second kappa shape index (κ2) is 8.69.